The molecular formula is C20H24FN2O+. The highest BCUT2D eigenvalue weighted by Crippen LogP contribution is 2.12. The number of aryl methyl sites for hydroxylation is 2. The van der Waals surface area contributed by atoms with Crippen LogP contribution in [0.3, 0.4) is 0 Å². The average molecular weight is 327 g/mol. The summed E-state index contributed by atoms with van der Waals surface area (Å²) in [5, 5.41) is 0. The van der Waals surface area contributed by atoms with Gasteiger partial charge in [0.15, 0.2) is 0 Å². The summed E-state index contributed by atoms with van der Waals surface area (Å²) in [5.74, 6) is -0.381. The van der Waals surface area contributed by atoms with E-state index in [1.807, 2.05) is 4.90 Å². The molecule has 0 atom stereocenters. The smallest absolute Gasteiger partial charge is 0.254 e. The first kappa shape index (κ1) is 16.7. The van der Waals surface area contributed by atoms with Crippen LogP contribution in [0.15, 0.2) is 42.5 Å². The fraction of sp³-hybridized carbons (Fsp3) is 0.350. The number of piperazine rings is 1. The maximum absolute atomic E-state index is 13.7. The Morgan fingerprint density at radius 1 is 1.12 bits per heavy atom. The second kappa shape index (κ2) is 7.14. The number of halogens is 1. The Bertz CT molecular complexity index is 736. The van der Waals surface area contributed by atoms with Gasteiger partial charge in [-0.05, 0) is 31.5 Å². The summed E-state index contributed by atoms with van der Waals surface area (Å²) in [7, 11) is 0. The highest BCUT2D eigenvalue weighted by Gasteiger charge is 2.25. The second-order valence-electron chi connectivity index (χ2n) is 6.67. The summed E-state index contributed by atoms with van der Waals surface area (Å²) in [6.07, 6.45) is 0. The largest absolute Gasteiger partial charge is 0.328 e. The molecule has 0 radical (unpaired) electrons. The molecule has 1 saturated heterocycles. The lowest BCUT2D eigenvalue weighted by atomic mass is 10.1. The molecule has 1 aliphatic heterocycles. The zero-order chi connectivity index (χ0) is 17.1. The van der Waals surface area contributed by atoms with Gasteiger partial charge in [-0.3, -0.25) is 4.79 Å². The molecule has 1 heterocycles. The van der Waals surface area contributed by atoms with E-state index in [9.17, 15) is 9.18 Å². The van der Waals surface area contributed by atoms with Crippen molar-refractivity contribution >= 4 is 5.91 Å². The van der Waals surface area contributed by atoms with Crippen LogP contribution in [0.5, 0.6) is 0 Å². The van der Waals surface area contributed by atoms with Crippen LogP contribution in [0.25, 0.3) is 0 Å². The molecule has 0 aromatic heterocycles. The predicted octanol–water partition coefficient (Wildman–Crippen LogP) is 1.98. The second-order valence-corrected chi connectivity index (χ2v) is 6.67. The maximum Gasteiger partial charge on any atom is 0.254 e. The topological polar surface area (TPSA) is 24.8 Å². The molecular weight excluding hydrogens is 303 g/mol. The van der Waals surface area contributed by atoms with Gasteiger partial charge in [-0.2, -0.15) is 0 Å². The number of quaternary nitrogens is 1. The number of benzene rings is 2. The minimum Gasteiger partial charge on any atom is -0.328 e. The van der Waals surface area contributed by atoms with Gasteiger partial charge in [0.25, 0.3) is 5.91 Å². The van der Waals surface area contributed by atoms with Crippen LogP contribution < -0.4 is 4.90 Å². The molecule has 1 aliphatic rings. The lowest BCUT2D eigenvalue weighted by Crippen LogP contribution is -3.13. The molecule has 126 valence electrons. The van der Waals surface area contributed by atoms with Crippen LogP contribution in [-0.2, 0) is 6.54 Å². The predicted molar refractivity (Wildman–Crippen MR) is 92.6 cm³/mol. The number of amides is 1. The van der Waals surface area contributed by atoms with Crippen LogP contribution >= 0.6 is 0 Å². The molecule has 4 heteroatoms. The van der Waals surface area contributed by atoms with Crippen LogP contribution in [0.1, 0.15) is 27.0 Å². The van der Waals surface area contributed by atoms with Crippen molar-refractivity contribution < 1.29 is 14.1 Å². The van der Waals surface area contributed by atoms with Gasteiger partial charge in [-0.25, -0.2) is 4.39 Å². The van der Waals surface area contributed by atoms with Gasteiger partial charge in [-0.15, -0.1) is 0 Å². The number of hydrogen-bond acceptors (Lipinski definition) is 1. The van der Waals surface area contributed by atoms with Gasteiger partial charge in [0, 0.05) is 11.1 Å². The van der Waals surface area contributed by atoms with Crippen LogP contribution in [0.2, 0.25) is 0 Å². The lowest BCUT2D eigenvalue weighted by Gasteiger charge is -2.32. The summed E-state index contributed by atoms with van der Waals surface area (Å²) in [5.41, 5.74) is 3.63. The molecule has 0 saturated carbocycles. The number of hydrogen-bond donors (Lipinski definition) is 1. The molecule has 1 N–H and O–H groups in total. The van der Waals surface area contributed by atoms with Crippen molar-refractivity contribution in [2.45, 2.75) is 20.4 Å². The summed E-state index contributed by atoms with van der Waals surface area (Å²) in [6, 6.07) is 13.3. The van der Waals surface area contributed by atoms with Crippen molar-refractivity contribution in [3.05, 3.63) is 70.5 Å². The molecule has 0 spiro atoms. The third-order valence-electron chi connectivity index (χ3n) is 4.71. The standard InChI is InChI=1S/C20H23FN2O/c1-15-4-3-5-17(12-15)14-22-8-10-23(11-9-22)20(24)18-7-6-16(2)19(21)13-18/h3-7,12-13H,8-11,14H2,1-2H3/p+1. The first-order valence-corrected chi connectivity index (χ1v) is 8.47. The number of carbonyl (C=O) groups is 1. The summed E-state index contributed by atoms with van der Waals surface area (Å²) >= 11 is 0. The quantitative estimate of drug-likeness (QED) is 0.916. The SMILES string of the molecule is Cc1cccc(C[NH+]2CCN(C(=O)c3ccc(C)c(F)c3)CC2)c1. The van der Waals surface area contributed by atoms with Crippen molar-refractivity contribution in [3.63, 3.8) is 0 Å². The summed E-state index contributed by atoms with van der Waals surface area (Å²) in [4.78, 5) is 15.8. The van der Waals surface area contributed by atoms with Gasteiger partial charge in [0.2, 0.25) is 0 Å². The third-order valence-corrected chi connectivity index (χ3v) is 4.71. The van der Waals surface area contributed by atoms with E-state index in [2.05, 4.69) is 31.2 Å². The van der Waals surface area contributed by atoms with E-state index in [0.29, 0.717) is 11.1 Å². The maximum atomic E-state index is 13.7. The minimum absolute atomic E-state index is 0.0662. The molecule has 1 amide bonds. The van der Waals surface area contributed by atoms with Crippen LogP contribution in [-0.4, -0.2) is 37.0 Å². The Hall–Kier alpha value is -2.20. The van der Waals surface area contributed by atoms with E-state index in [4.69, 9.17) is 0 Å². The first-order valence-electron chi connectivity index (χ1n) is 8.47. The normalized spacial score (nSPS) is 15.5. The fourth-order valence-corrected chi connectivity index (χ4v) is 3.22. The van der Waals surface area contributed by atoms with Crippen molar-refractivity contribution in [2.24, 2.45) is 0 Å². The Balaban J connectivity index is 1.58. The van der Waals surface area contributed by atoms with Gasteiger partial charge in [0.05, 0.1) is 26.2 Å². The Morgan fingerprint density at radius 2 is 1.88 bits per heavy atom. The summed E-state index contributed by atoms with van der Waals surface area (Å²) < 4.78 is 13.7. The number of nitrogens with zero attached hydrogens (tertiary/aromatic N) is 1. The molecule has 2 aromatic carbocycles. The van der Waals surface area contributed by atoms with Crippen molar-refractivity contribution in [2.75, 3.05) is 26.2 Å². The van der Waals surface area contributed by atoms with E-state index in [1.165, 1.54) is 22.1 Å². The van der Waals surface area contributed by atoms with Gasteiger partial charge in [-0.1, -0.05) is 35.9 Å². The molecule has 0 unspecified atom stereocenters. The van der Waals surface area contributed by atoms with E-state index in [-0.39, 0.29) is 11.7 Å². The minimum atomic E-state index is -0.315. The zero-order valence-corrected chi connectivity index (χ0v) is 14.3. The van der Waals surface area contributed by atoms with E-state index < -0.39 is 0 Å². The average Bonchev–Trinajstić information content (AvgIpc) is 2.57. The fourth-order valence-electron chi connectivity index (χ4n) is 3.22. The third kappa shape index (κ3) is 3.82. The van der Waals surface area contributed by atoms with Crippen molar-refractivity contribution in [1.29, 1.82) is 0 Å². The number of carbonyl (C=O) groups excluding carboxylic acids is 1. The Morgan fingerprint density at radius 3 is 2.54 bits per heavy atom. The van der Waals surface area contributed by atoms with Gasteiger partial charge < -0.3 is 9.80 Å². The lowest BCUT2D eigenvalue weighted by molar-refractivity contribution is -0.917. The van der Waals surface area contributed by atoms with E-state index in [0.717, 1.165) is 32.7 Å². The van der Waals surface area contributed by atoms with E-state index >= 15 is 0 Å². The number of nitrogens with one attached hydrogen (secondary N) is 1. The monoisotopic (exact) mass is 327 g/mol. The molecule has 0 aliphatic carbocycles. The Labute approximate surface area is 142 Å². The van der Waals surface area contributed by atoms with E-state index in [1.54, 1.807) is 19.1 Å². The van der Waals surface area contributed by atoms with Crippen LogP contribution in [0.4, 0.5) is 4.39 Å². The Kier molecular flexibility index (Phi) is 4.95. The summed E-state index contributed by atoms with van der Waals surface area (Å²) in [6.45, 7) is 8.09. The first-order chi connectivity index (χ1) is 11.5. The molecule has 1 fully saturated rings. The molecule has 0 bridgehead atoms. The van der Waals surface area contributed by atoms with Crippen molar-refractivity contribution in [3.8, 4) is 0 Å². The molecule has 3 nitrogen and oxygen atoms in total. The highest BCUT2D eigenvalue weighted by atomic mass is 19.1. The molecule has 3 rings (SSSR count). The van der Waals surface area contributed by atoms with Gasteiger partial charge >= 0.3 is 0 Å². The van der Waals surface area contributed by atoms with Crippen molar-refractivity contribution in [1.82, 2.24) is 4.90 Å². The molecule has 24 heavy (non-hydrogen) atoms. The highest BCUT2D eigenvalue weighted by molar-refractivity contribution is 5.94. The van der Waals surface area contributed by atoms with Crippen LogP contribution in [0, 0.1) is 19.7 Å². The zero-order valence-electron chi connectivity index (χ0n) is 14.3. The number of rotatable bonds is 3. The van der Waals surface area contributed by atoms with Gasteiger partial charge in [0.1, 0.15) is 12.4 Å². The molecule has 2 aromatic rings.